The van der Waals surface area contributed by atoms with Gasteiger partial charge in [-0.25, -0.2) is 0 Å². The third-order valence-electron chi connectivity index (χ3n) is 3.63. The van der Waals surface area contributed by atoms with Gasteiger partial charge in [0.25, 0.3) is 5.91 Å². The Morgan fingerprint density at radius 3 is 3.00 bits per heavy atom. The largest absolute Gasteiger partial charge is 0.492 e. The average molecular weight is 326 g/mol. The van der Waals surface area contributed by atoms with Gasteiger partial charge in [-0.3, -0.25) is 9.59 Å². The Labute approximate surface area is 134 Å². The van der Waals surface area contributed by atoms with Gasteiger partial charge in [-0.05, 0) is 43.5 Å². The fourth-order valence-electron chi connectivity index (χ4n) is 2.19. The quantitative estimate of drug-likeness (QED) is 0.844. The third kappa shape index (κ3) is 4.37. The molecule has 0 radical (unpaired) electrons. The predicted molar refractivity (Wildman–Crippen MR) is 83.0 cm³/mol. The molecule has 0 saturated carbocycles. The van der Waals surface area contributed by atoms with Crippen LogP contribution < -0.4 is 10.1 Å². The van der Waals surface area contributed by atoms with Gasteiger partial charge >= 0.3 is 5.97 Å². The maximum atomic E-state index is 12.0. The number of carbonyl (C=O) groups excluding carboxylic acids is 2. The van der Waals surface area contributed by atoms with E-state index in [0.717, 1.165) is 17.7 Å². The number of benzene rings is 1. The van der Waals surface area contributed by atoms with E-state index in [2.05, 4.69) is 5.32 Å². The highest BCUT2D eigenvalue weighted by Gasteiger charge is 2.28. The van der Waals surface area contributed by atoms with Crippen LogP contribution in [-0.4, -0.2) is 31.1 Å². The van der Waals surface area contributed by atoms with Crippen molar-refractivity contribution in [2.75, 3.05) is 13.2 Å². The number of carbonyl (C=O) groups is 2. The SMILES string of the molecule is CC[C@@H](C)NC(=O)COC(=O)[C@@H]1COc2ccc(Cl)cc2C1. The second kappa shape index (κ2) is 7.49. The van der Waals surface area contributed by atoms with Gasteiger partial charge in [-0.15, -0.1) is 0 Å². The Bertz CT molecular complexity index is 561. The number of fused-ring (bicyclic) bond motifs is 1. The van der Waals surface area contributed by atoms with E-state index in [1.807, 2.05) is 13.8 Å². The zero-order valence-corrected chi connectivity index (χ0v) is 13.5. The molecule has 120 valence electrons. The summed E-state index contributed by atoms with van der Waals surface area (Å²) in [7, 11) is 0. The van der Waals surface area contributed by atoms with Crippen LogP contribution in [0.15, 0.2) is 18.2 Å². The summed E-state index contributed by atoms with van der Waals surface area (Å²) in [4.78, 5) is 23.6. The molecular formula is C16H20ClNO4. The van der Waals surface area contributed by atoms with Crippen molar-refractivity contribution in [3.63, 3.8) is 0 Å². The lowest BCUT2D eigenvalue weighted by Crippen LogP contribution is -2.37. The van der Waals surface area contributed by atoms with Gasteiger partial charge < -0.3 is 14.8 Å². The van der Waals surface area contributed by atoms with Crippen LogP contribution in [0.25, 0.3) is 0 Å². The number of nitrogens with one attached hydrogen (secondary N) is 1. The van der Waals surface area contributed by atoms with Crippen LogP contribution in [0.5, 0.6) is 5.75 Å². The van der Waals surface area contributed by atoms with E-state index in [9.17, 15) is 9.59 Å². The first-order chi connectivity index (χ1) is 10.5. The highest BCUT2D eigenvalue weighted by atomic mass is 35.5. The Hall–Kier alpha value is -1.75. The maximum absolute atomic E-state index is 12.0. The molecule has 1 N–H and O–H groups in total. The molecular weight excluding hydrogens is 306 g/mol. The fraction of sp³-hybridized carbons (Fsp3) is 0.500. The van der Waals surface area contributed by atoms with E-state index in [4.69, 9.17) is 21.1 Å². The summed E-state index contributed by atoms with van der Waals surface area (Å²) in [5, 5.41) is 3.35. The molecule has 1 aliphatic heterocycles. The number of hydrogen-bond acceptors (Lipinski definition) is 4. The summed E-state index contributed by atoms with van der Waals surface area (Å²) >= 11 is 5.94. The van der Waals surface area contributed by atoms with Gasteiger partial charge in [0.1, 0.15) is 12.4 Å². The lowest BCUT2D eigenvalue weighted by Gasteiger charge is -2.24. The lowest BCUT2D eigenvalue weighted by molar-refractivity contribution is -0.154. The molecule has 2 atom stereocenters. The molecule has 1 amide bonds. The number of hydrogen-bond donors (Lipinski definition) is 1. The molecule has 0 spiro atoms. The normalized spacial score (nSPS) is 17.9. The first-order valence-electron chi connectivity index (χ1n) is 7.36. The van der Waals surface area contributed by atoms with Crippen LogP contribution in [0, 0.1) is 5.92 Å². The van der Waals surface area contributed by atoms with Crippen molar-refractivity contribution in [3.05, 3.63) is 28.8 Å². The van der Waals surface area contributed by atoms with Gasteiger partial charge in [0, 0.05) is 11.1 Å². The number of esters is 1. The minimum Gasteiger partial charge on any atom is -0.492 e. The molecule has 0 unspecified atom stereocenters. The highest BCUT2D eigenvalue weighted by Crippen LogP contribution is 2.30. The lowest BCUT2D eigenvalue weighted by atomic mass is 9.97. The van der Waals surface area contributed by atoms with Gasteiger partial charge in [-0.1, -0.05) is 18.5 Å². The van der Waals surface area contributed by atoms with Crippen LogP contribution in [0.2, 0.25) is 5.02 Å². The standard InChI is InChI=1S/C16H20ClNO4/c1-3-10(2)18-15(19)9-22-16(20)12-6-11-7-13(17)4-5-14(11)21-8-12/h4-5,7,10,12H,3,6,8-9H2,1-2H3,(H,18,19)/t10-,12+/m1/s1. The van der Waals surface area contributed by atoms with Gasteiger partial charge in [-0.2, -0.15) is 0 Å². The first kappa shape index (κ1) is 16.6. The molecule has 2 rings (SSSR count). The Balaban J connectivity index is 1.85. The summed E-state index contributed by atoms with van der Waals surface area (Å²) in [5.41, 5.74) is 0.879. The summed E-state index contributed by atoms with van der Waals surface area (Å²) in [6.07, 6.45) is 1.33. The monoisotopic (exact) mass is 325 g/mol. The number of ether oxygens (including phenoxy) is 2. The van der Waals surface area contributed by atoms with Gasteiger partial charge in [0.15, 0.2) is 6.61 Å². The van der Waals surface area contributed by atoms with Crippen molar-refractivity contribution >= 4 is 23.5 Å². The third-order valence-corrected chi connectivity index (χ3v) is 3.86. The molecule has 5 nitrogen and oxygen atoms in total. The minimum absolute atomic E-state index is 0.0678. The van der Waals surface area contributed by atoms with Crippen LogP contribution in [0.3, 0.4) is 0 Å². The van der Waals surface area contributed by atoms with E-state index in [-0.39, 0.29) is 25.2 Å². The van der Waals surface area contributed by atoms with E-state index < -0.39 is 11.9 Å². The molecule has 0 saturated heterocycles. The van der Waals surface area contributed by atoms with Crippen LogP contribution in [0.1, 0.15) is 25.8 Å². The van der Waals surface area contributed by atoms with Crippen molar-refractivity contribution in [2.24, 2.45) is 5.92 Å². The first-order valence-corrected chi connectivity index (χ1v) is 7.74. The van der Waals surface area contributed by atoms with Crippen LogP contribution in [-0.2, 0) is 20.7 Å². The summed E-state index contributed by atoms with van der Waals surface area (Å²) < 4.78 is 10.6. The number of halogens is 1. The Kier molecular flexibility index (Phi) is 5.66. The molecule has 6 heteroatoms. The van der Waals surface area contributed by atoms with Crippen molar-refractivity contribution in [1.82, 2.24) is 5.32 Å². The predicted octanol–water partition coefficient (Wildman–Crippen LogP) is 2.35. The van der Waals surface area contributed by atoms with Gasteiger partial charge in [0.05, 0.1) is 5.92 Å². The molecule has 22 heavy (non-hydrogen) atoms. The molecule has 1 aromatic carbocycles. The van der Waals surface area contributed by atoms with E-state index in [0.29, 0.717) is 11.4 Å². The smallest absolute Gasteiger partial charge is 0.313 e. The van der Waals surface area contributed by atoms with Crippen LogP contribution in [0.4, 0.5) is 0 Å². The summed E-state index contributed by atoms with van der Waals surface area (Å²) in [6, 6.07) is 5.39. The van der Waals surface area contributed by atoms with Crippen LogP contribution >= 0.6 is 11.6 Å². The summed E-state index contributed by atoms with van der Waals surface area (Å²) in [6.45, 7) is 3.86. The number of rotatable bonds is 5. The molecule has 0 aromatic heterocycles. The second-order valence-electron chi connectivity index (χ2n) is 5.45. The zero-order chi connectivity index (χ0) is 16.1. The van der Waals surface area contributed by atoms with E-state index >= 15 is 0 Å². The van der Waals surface area contributed by atoms with Crippen molar-refractivity contribution < 1.29 is 19.1 Å². The van der Waals surface area contributed by atoms with Crippen molar-refractivity contribution in [1.29, 1.82) is 0 Å². The van der Waals surface area contributed by atoms with E-state index in [1.165, 1.54) is 0 Å². The molecule has 0 fully saturated rings. The maximum Gasteiger partial charge on any atom is 0.313 e. The fourth-order valence-corrected chi connectivity index (χ4v) is 2.38. The summed E-state index contributed by atoms with van der Waals surface area (Å²) in [5.74, 6) is -0.391. The topological polar surface area (TPSA) is 64.6 Å². The minimum atomic E-state index is -0.426. The second-order valence-corrected chi connectivity index (χ2v) is 5.89. The molecule has 0 aliphatic carbocycles. The number of amides is 1. The Morgan fingerprint density at radius 1 is 1.50 bits per heavy atom. The van der Waals surface area contributed by atoms with Crippen molar-refractivity contribution in [2.45, 2.75) is 32.7 Å². The average Bonchev–Trinajstić information content (AvgIpc) is 2.51. The molecule has 1 aliphatic rings. The Morgan fingerprint density at radius 2 is 2.27 bits per heavy atom. The zero-order valence-electron chi connectivity index (χ0n) is 12.7. The van der Waals surface area contributed by atoms with Gasteiger partial charge in [0.2, 0.25) is 0 Å². The highest BCUT2D eigenvalue weighted by molar-refractivity contribution is 6.30. The molecule has 1 aromatic rings. The van der Waals surface area contributed by atoms with Crippen molar-refractivity contribution in [3.8, 4) is 5.75 Å². The van der Waals surface area contributed by atoms with E-state index in [1.54, 1.807) is 18.2 Å². The molecule has 1 heterocycles. The molecule has 0 bridgehead atoms.